The molecule has 0 saturated heterocycles. The molecule has 0 aromatic carbocycles. The van der Waals surface area contributed by atoms with Gasteiger partial charge in [-0.05, 0) is 13.3 Å². The van der Waals surface area contributed by atoms with Gasteiger partial charge in [0.05, 0.1) is 5.71 Å². The second-order valence-corrected chi connectivity index (χ2v) is 3.68. The van der Waals surface area contributed by atoms with E-state index in [9.17, 15) is 0 Å². The number of rotatable bonds is 5. The van der Waals surface area contributed by atoms with Crippen molar-refractivity contribution in [2.45, 2.75) is 46.3 Å². The minimum Gasteiger partial charge on any atom is -0.391 e. The summed E-state index contributed by atoms with van der Waals surface area (Å²) in [4.78, 5) is 5.19. The van der Waals surface area contributed by atoms with Crippen molar-refractivity contribution >= 4 is 16.2 Å². The van der Waals surface area contributed by atoms with E-state index in [4.69, 9.17) is 9.26 Å². The summed E-state index contributed by atoms with van der Waals surface area (Å²) < 4.78 is 5.18. The third-order valence-corrected chi connectivity index (χ3v) is 2.51. The molecule has 0 aliphatic carbocycles. The predicted molar refractivity (Wildman–Crippen MR) is 54.2 cm³/mol. The minimum absolute atomic E-state index is 0.554. The molecule has 4 heteroatoms. The van der Waals surface area contributed by atoms with Gasteiger partial charge in [0.25, 0.3) is 0 Å². The molecule has 0 bridgehead atoms. The molecule has 0 aromatic heterocycles. The molecule has 0 N–H and O–H groups in total. The smallest absolute Gasteiger partial charge is 0.221 e. The Morgan fingerprint density at radius 1 is 1.50 bits per heavy atom. The molecule has 0 amide bonds. The molecule has 72 valence electrons. The standard InChI is InChI=1S/C8H19NO2Si/c1-5-6-7(2)9-10-8(3,4)11-12/h5-6H2,1-4,12H3. The Balaban J connectivity index is 3.86. The van der Waals surface area contributed by atoms with Gasteiger partial charge in [0.2, 0.25) is 5.79 Å². The average Bonchev–Trinajstić information content (AvgIpc) is 2.02. The van der Waals surface area contributed by atoms with Crippen LogP contribution in [0.4, 0.5) is 0 Å². The maximum Gasteiger partial charge on any atom is 0.221 e. The van der Waals surface area contributed by atoms with Gasteiger partial charge in [-0.25, -0.2) is 0 Å². The average molecular weight is 189 g/mol. The molecule has 0 aliphatic rings. The number of hydrogen-bond donors (Lipinski definition) is 0. The van der Waals surface area contributed by atoms with Gasteiger partial charge >= 0.3 is 0 Å². The summed E-state index contributed by atoms with van der Waals surface area (Å²) in [5.74, 6) is -0.554. The first-order valence-corrected chi connectivity index (χ1v) is 5.10. The topological polar surface area (TPSA) is 30.8 Å². The van der Waals surface area contributed by atoms with Crippen LogP contribution in [0.5, 0.6) is 0 Å². The van der Waals surface area contributed by atoms with Crippen molar-refractivity contribution in [2.75, 3.05) is 0 Å². The summed E-state index contributed by atoms with van der Waals surface area (Å²) in [7, 11) is 0.666. The molecule has 3 nitrogen and oxygen atoms in total. The fourth-order valence-corrected chi connectivity index (χ4v) is 0.707. The highest BCUT2D eigenvalue weighted by Gasteiger charge is 2.16. The molecule has 12 heavy (non-hydrogen) atoms. The second-order valence-electron chi connectivity index (χ2n) is 3.27. The van der Waals surface area contributed by atoms with E-state index in [-0.39, 0.29) is 0 Å². The van der Waals surface area contributed by atoms with Crippen molar-refractivity contribution in [1.29, 1.82) is 0 Å². The summed E-state index contributed by atoms with van der Waals surface area (Å²) in [6, 6.07) is 0. The largest absolute Gasteiger partial charge is 0.391 e. The molecule has 0 unspecified atom stereocenters. The summed E-state index contributed by atoms with van der Waals surface area (Å²) in [5.41, 5.74) is 1.02. The van der Waals surface area contributed by atoms with Gasteiger partial charge in [0, 0.05) is 13.8 Å². The number of oxime groups is 1. The Labute approximate surface area is 77.7 Å². The molecule has 0 heterocycles. The van der Waals surface area contributed by atoms with E-state index < -0.39 is 5.79 Å². The molecular weight excluding hydrogens is 170 g/mol. The van der Waals surface area contributed by atoms with Crippen LogP contribution in [-0.2, 0) is 9.26 Å². The van der Waals surface area contributed by atoms with Crippen molar-refractivity contribution in [3.8, 4) is 0 Å². The zero-order valence-electron chi connectivity index (χ0n) is 8.68. The monoisotopic (exact) mass is 189 g/mol. The van der Waals surface area contributed by atoms with Crippen LogP contribution in [0.1, 0.15) is 40.5 Å². The van der Waals surface area contributed by atoms with Crippen LogP contribution >= 0.6 is 0 Å². The van der Waals surface area contributed by atoms with Crippen molar-refractivity contribution in [2.24, 2.45) is 5.16 Å². The van der Waals surface area contributed by atoms with E-state index in [1.54, 1.807) is 0 Å². The normalized spacial score (nSPS) is 13.5. The first kappa shape index (κ1) is 11.6. The van der Waals surface area contributed by atoms with Crippen LogP contribution in [0.2, 0.25) is 0 Å². The van der Waals surface area contributed by atoms with E-state index in [0.717, 1.165) is 18.6 Å². The lowest BCUT2D eigenvalue weighted by Gasteiger charge is -2.20. The Morgan fingerprint density at radius 3 is 2.50 bits per heavy atom. The predicted octanol–water partition coefficient (Wildman–Crippen LogP) is 1.21. The Kier molecular flexibility index (Phi) is 5.16. The maximum absolute atomic E-state index is 5.19. The summed E-state index contributed by atoms with van der Waals surface area (Å²) in [5, 5.41) is 3.97. The fraction of sp³-hybridized carbons (Fsp3) is 0.875. The molecule has 0 aromatic rings. The van der Waals surface area contributed by atoms with Gasteiger partial charge < -0.3 is 9.26 Å². The first-order valence-electron chi connectivity index (χ1n) is 4.28. The molecule has 0 saturated carbocycles. The maximum atomic E-state index is 5.19. The third-order valence-electron chi connectivity index (χ3n) is 1.52. The van der Waals surface area contributed by atoms with Crippen LogP contribution in [0.3, 0.4) is 0 Å². The van der Waals surface area contributed by atoms with Crippen molar-refractivity contribution in [3.05, 3.63) is 0 Å². The van der Waals surface area contributed by atoms with E-state index in [1.807, 2.05) is 20.8 Å². The molecule has 0 radical (unpaired) electrons. The van der Waals surface area contributed by atoms with E-state index >= 15 is 0 Å². The molecule has 0 spiro atoms. The molecule has 0 fully saturated rings. The third kappa shape index (κ3) is 5.32. The highest BCUT2D eigenvalue weighted by atomic mass is 28.2. The van der Waals surface area contributed by atoms with E-state index in [2.05, 4.69) is 12.1 Å². The van der Waals surface area contributed by atoms with Gasteiger partial charge in [-0.2, -0.15) is 0 Å². The van der Waals surface area contributed by atoms with Crippen molar-refractivity contribution in [3.63, 3.8) is 0 Å². The van der Waals surface area contributed by atoms with Crippen LogP contribution < -0.4 is 0 Å². The summed E-state index contributed by atoms with van der Waals surface area (Å²) >= 11 is 0. The van der Waals surface area contributed by atoms with E-state index in [1.165, 1.54) is 0 Å². The van der Waals surface area contributed by atoms with Gasteiger partial charge in [0.1, 0.15) is 0 Å². The lowest BCUT2D eigenvalue weighted by atomic mass is 10.2. The second kappa shape index (κ2) is 5.32. The number of nitrogens with zero attached hydrogens (tertiary/aromatic N) is 1. The number of hydrogen-bond acceptors (Lipinski definition) is 3. The molecule has 0 atom stereocenters. The van der Waals surface area contributed by atoms with E-state index in [0.29, 0.717) is 10.5 Å². The molecular formula is C8H19NO2Si. The Hall–Kier alpha value is -0.353. The lowest BCUT2D eigenvalue weighted by molar-refractivity contribution is -0.153. The quantitative estimate of drug-likeness (QED) is 0.282. The van der Waals surface area contributed by atoms with Crippen LogP contribution in [0.15, 0.2) is 5.16 Å². The molecule has 0 aliphatic heterocycles. The van der Waals surface area contributed by atoms with Gasteiger partial charge in [-0.1, -0.05) is 18.5 Å². The Bertz CT molecular complexity index is 157. The van der Waals surface area contributed by atoms with Gasteiger partial charge in [-0.15, -0.1) is 0 Å². The van der Waals surface area contributed by atoms with Crippen LogP contribution in [0.25, 0.3) is 0 Å². The van der Waals surface area contributed by atoms with Crippen molar-refractivity contribution < 1.29 is 9.26 Å². The van der Waals surface area contributed by atoms with Gasteiger partial charge in [-0.3, -0.25) is 0 Å². The fourth-order valence-electron chi connectivity index (χ4n) is 0.633. The zero-order valence-corrected chi connectivity index (χ0v) is 10.7. The highest BCUT2D eigenvalue weighted by Crippen LogP contribution is 2.09. The Morgan fingerprint density at radius 2 is 2.08 bits per heavy atom. The van der Waals surface area contributed by atoms with Crippen molar-refractivity contribution in [1.82, 2.24) is 0 Å². The SMILES string of the molecule is CCCC(C)=NOC(C)(C)O[SiH3]. The lowest BCUT2D eigenvalue weighted by Crippen LogP contribution is -2.25. The van der Waals surface area contributed by atoms with Crippen LogP contribution in [0, 0.1) is 0 Å². The van der Waals surface area contributed by atoms with Gasteiger partial charge in [0.15, 0.2) is 10.5 Å². The van der Waals surface area contributed by atoms with Crippen LogP contribution in [-0.4, -0.2) is 22.0 Å². The minimum atomic E-state index is -0.554. The highest BCUT2D eigenvalue weighted by molar-refractivity contribution is 5.98. The molecule has 0 rings (SSSR count). The zero-order chi connectivity index (χ0) is 9.61. The summed E-state index contributed by atoms with van der Waals surface area (Å²) in [6.45, 7) is 7.81. The first-order chi connectivity index (χ1) is 5.52. The summed E-state index contributed by atoms with van der Waals surface area (Å²) in [6.07, 6.45) is 2.08.